The van der Waals surface area contributed by atoms with E-state index in [-0.39, 0.29) is 17.0 Å². The van der Waals surface area contributed by atoms with Gasteiger partial charge >= 0.3 is 0 Å². The third-order valence-corrected chi connectivity index (χ3v) is 7.11. The maximum atomic E-state index is 14.2. The van der Waals surface area contributed by atoms with Crippen LogP contribution in [0.4, 0.5) is 0 Å². The molecule has 0 saturated heterocycles. The summed E-state index contributed by atoms with van der Waals surface area (Å²) in [6, 6.07) is 21.0. The molecule has 1 atom stereocenters. The fourth-order valence-electron chi connectivity index (χ4n) is 5.06. The summed E-state index contributed by atoms with van der Waals surface area (Å²) in [5, 5.41) is 8.62. The zero-order chi connectivity index (χ0) is 29.4. The van der Waals surface area contributed by atoms with Crippen molar-refractivity contribution in [1.82, 2.24) is 29.0 Å². The molecule has 0 aliphatic heterocycles. The summed E-state index contributed by atoms with van der Waals surface area (Å²) < 4.78 is 4.65. The average molecular weight is 555 g/mol. The van der Waals surface area contributed by atoms with Gasteiger partial charge in [-0.25, -0.2) is 9.50 Å². The van der Waals surface area contributed by atoms with Crippen LogP contribution in [0.3, 0.4) is 0 Å². The summed E-state index contributed by atoms with van der Waals surface area (Å²) in [5.74, 6) is 5.87. The first kappa shape index (κ1) is 26.5. The van der Waals surface area contributed by atoms with Crippen LogP contribution in [0.25, 0.3) is 22.1 Å². The molecule has 206 valence electrons. The van der Waals surface area contributed by atoms with Crippen LogP contribution < -0.4 is 16.4 Å². The van der Waals surface area contributed by atoms with Gasteiger partial charge in [-0.1, -0.05) is 42.2 Å². The Balaban J connectivity index is 1.47. The lowest BCUT2D eigenvalue weighted by Gasteiger charge is -2.21. The Labute approximate surface area is 240 Å². The van der Waals surface area contributed by atoms with Crippen LogP contribution in [0.2, 0.25) is 0 Å². The van der Waals surface area contributed by atoms with Crippen LogP contribution >= 0.6 is 0 Å². The second kappa shape index (κ2) is 10.7. The second-order valence-corrected chi connectivity index (χ2v) is 9.98. The van der Waals surface area contributed by atoms with Gasteiger partial charge in [0.25, 0.3) is 11.5 Å². The van der Waals surface area contributed by atoms with Crippen LogP contribution in [0, 0.1) is 18.8 Å². The third-order valence-electron chi connectivity index (χ3n) is 7.11. The number of hydrogen-bond acceptors (Lipinski definition) is 5. The quantitative estimate of drug-likeness (QED) is 0.333. The van der Waals surface area contributed by atoms with Gasteiger partial charge in [0.1, 0.15) is 5.56 Å². The summed E-state index contributed by atoms with van der Waals surface area (Å²) >= 11 is 0. The lowest BCUT2D eigenvalue weighted by molar-refractivity contribution is 0.0939. The van der Waals surface area contributed by atoms with E-state index in [4.69, 9.17) is 0 Å². The SMILES string of the molecule is Cc1nn2cccnc2c1C(=O)NC(C)c1cc2cccc(C#Cc3ccc(=O)n(C)c3)c2c(=O)n1-c1ccccc1. The highest BCUT2D eigenvalue weighted by Gasteiger charge is 2.23. The number of fused-ring (bicyclic) bond motifs is 2. The van der Waals surface area contributed by atoms with Crippen molar-refractivity contribution >= 4 is 22.3 Å². The maximum absolute atomic E-state index is 14.2. The zero-order valence-electron chi connectivity index (χ0n) is 23.2. The number of benzene rings is 2. The van der Waals surface area contributed by atoms with Gasteiger partial charge < -0.3 is 9.88 Å². The van der Waals surface area contributed by atoms with E-state index in [1.54, 1.807) is 59.8 Å². The molecule has 9 nitrogen and oxygen atoms in total. The summed E-state index contributed by atoms with van der Waals surface area (Å²) in [6.07, 6.45) is 5.02. The summed E-state index contributed by atoms with van der Waals surface area (Å²) in [6.45, 7) is 3.61. The number of nitrogens with one attached hydrogen (secondary N) is 1. The fourth-order valence-corrected chi connectivity index (χ4v) is 5.06. The lowest BCUT2D eigenvalue weighted by Crippen LogP contribution is -2.32. The molecule has 1 amide bonds. The molecule has 0 aliphatic carbocycles. The lowest BCUT2D eigenvalue weighted by atomic mass is 10.0. The molecular formula is C33H26N6O3. The van der Waals surface area contributed by atoms with Crippen LogP contribution in [0.5, 0.6) is 0 Å². The van der Waals surface area contributed by atoms with Crippen molar-refractivity contribution in [2.75, 3.05) is 0 Å². The molecule has 0 fully saturated rings. The topological polar surface area (TPSA) is 103 Å². The van der Waals surface area contributed by atoms with Crippen molar-refractivity contribution in [2.45, 2.75) is 19.9 Å². The van der Waals surface area contributed by atoms with E-state index in [1.807, 2.05) is 55.5 Å². The first-order valence-corrected chi connectivity index (χ1v) is 13.4. The van der Waals surface area contributed by atoms with Gasteiger partial charge in [0.05, 0.1) is 17.1 Å². The standard InChI is InChI=1S/C33H26N6O3/c1-21(35-32(41)29-22(2)36-38-18-8-17-34-31(29)38)27-19-25-10-7-9-24(15-13-23-14-16-28(40)37(3)20-23)30(25)33(42)39(27)26-11-5-4-6-12-26/h4-12,14,16-21H,1-3H3,(H,35,41). The van der Waals surface area contributed by atoms with Crippen molar-refractivity contribution in [1.29, 1.82) is 0 Å². The van der Waals surface area contributed by atoms with Crippen LogP contribution in [0.15, 0.2) is 101 Å². The normalized spacial score (nSPS) is 11.7. The van der Waals surface area contributed by atoms with Gasteiger partial charge in [0.15, 0.2) is 5.65 Å². The molecule has 4 heterocycles. The van der Waals surface area contributed by atoms with Gasteiger partial charge in [0.2, 0.25) is 5.56 Å². The van der Waals surface area contributed by atoms with E-state index in [2.05, 4.69) is 27.2 Å². The Kier molecular flexibility index (Phi) is 6.73. The summed E-state index contributed by atoms with van der Waals surface area (Å²) in [5.41, 5.74) is 3.50. The monoisotopic (exact) mass is 554 g/mol. The maximum Gasteiger partial charge on any atom is 0.264 e. The summed E-state index contributed by atoms with van der Waals surface area (Å²) in [7, 11) is 1.67. The van der Waals surface area contributed by atoms with Crippen LogP contribution in [-0.2, 0) is 7.05 Å². The number of rotatable bonds is 4. The average Bonchev–Trinajstić information content (AvgIpc) is 3.33. The van der Waals surface area contributed by atoms with E-state index in [1.165, 1.54) is 10.6 Å². The fraction of sp³-hybridized carbons (Fsp3) is 0.121. The molecule has 0 spiro atoms. The Bertz CT molecular complexity index is 2180. The van der Waals surface area contributed by atoms with Crippen molar-refractivity contribution in [2.24, 2.45) is 7.05 Å². The highest BCUT2D eigenvalue weighted by Crippen LogP contribution is 2.24. The number of carbonyl (C=O) groups excluding carboxylic acids is 1. The Morgan fingerprint density at radius 3 is 2.57 bits per heavy atom. The van der Waals surface area contributed by atoms with Gasteiger partial charge in [-0.05, 0) is 55.6 Å². The summed E-state index contributed by atoms with van der Waals surface area (Å²) in [4.78, 5) is 43.9. The van der Waals surface area contributed by atoms with E-state index in [0.29, 0.717) is 50.2 Å². The number of para-hydroxylation sites is 1. The number of nitrogens with zero attached hydrogens (tertiary/aromatic N) is 5. The molecule has 42 heavy (non-hydrogen) atoms. The Hall–Kier alpha value is -5.75. The van der Waals surface area contributed by atoms with Gasteiger partial charge in [-0.3, -0.25) is 19.0 Å². The highest BCUT2D eigenvalue weighted by molar-refractivity contribution is 6.01. The molecule has 1 unspecified atom stereocenters. The predicted molar refractivity (Wildman–Crippen MR) is 161 cm³/mol. The van der Waals surface area contributed by atoms with Crippen molar-refractivity contribution in [3.63, 3.8) is 0 Å². The highest BCUT2D eigenvalue weighted by atomic mass is 16.2. The van der Waals surface area contributed by atoms with E-state index in [9.17, 15) is 14.4 Å². The van der Waals surface area contributed by atoms with Crippen LogP contribution in [0.1, 0.15) is 45.8 Å². The molecule has 9 heteroatoms. The molecule has 1 N–H and O–H groups in total. The number of aryl methyl sites for hydroxylation is 2. The zero-order valence-corrected chi connectivity index (χ0v) is 23.2. The van der Waals surface area contributed by atoms with E-state index in [0.717, 1.165) is 0 Å². The van der Waals surface area contributed by atoms with Gasteiger partial charge in [0, 0.05) is 54.2 Å². The van der Waals surface area contributed by atoms with Gasteiger partial charge in [-0.15, -0.1) is 0 Å². The van der Waals surface area contributed by atoms with E-state index >= 15 is 0 Å². The number of hydrogen-bond donors (Lipinski definition) is 1. The van der Waals surface area contributed by atoms with Crippen molar-refractivity contribution in [3.8, 4) is 17.5 Å². The number of amides is 1. The number of carbonyl (C=O) groups is 1. The molecule has 6 aromatic rings. The molecule has 0 aliphatic rings. The molecular weight excluding hydrogens is 528 g/mol. The minimum atomic E-state index is -0.548. The van der Waals surface area contributed by atoms with E-state index < -0.39 is 6.04 Å². The van der Waals surface area contributed by atoms with Gasteiger partial charge in [-0.2, -0.15) is 5.10 Å². The molecule has 6 rings (SSSR count). The second-order valence-electron chi connectivity index (χ2n) is 9.98. The number of aromatic nitrogens is 5. The smallest absolute Gasteiger partial charge is 0.264 e. The minimum absolute atomic E-state index is 0.127. The molecule has 0 radical (unpaired) electrons. The minimum Gasteiger partial charge on any atom is -0.344 e. The molecule has 2 aromatic carbocycles. The number of pyridine rings is 2. The Morgan fingerprint density at radius 1 is 0.976 bits per heavy atom. The third kappa shape index (κ3) is 4.75. The van der Waals surface area contributed by atoms with Crippen molar-refractivity contribution < 1.29 is 4.79 Å². The first-order chi connectivity index (χ1) is 20.3. The largest absolute Gasteiger partial charge is 0.344 e. The predicted octanol–water partition coefficient (Wildman–Crippen LogP) is 3.93. The Morgan fingerprint density at radius 2 is 1.79 bits per heavy atom. The molecule has 0 saturated carbocycles. The first-order valence-electron chi connectivity index (χ1n) is 13.4. The van der Waals surface area contributed by atoms with Crippen molar-refractivity contribution in [3.05, 3.63) is 140 Å². The molecule has 0 bridgehead atoms. The van der Waals surface area contributed by atoms with Crippen LogP contribution in [-0.4, -0.2) is 29.6 Å². The molecule has 4 aromatic heterocycles.